The van der Waals surface area contributed by atoms with Crippen molar-refractivity contribution in [3.63, 3.8) is 0 Å². The molecule has 5 nitrogen and oxygen atoms in total. The number of hydrogen-bond donors (Lipinski definition) is 2. The normalized spacial score (nSPS) is 13.6. The molecule has 0 aliphatic heterocycles. The van der Waals surface area contributed by atoms with Crippen LogP contribution in [0.15, 0.2) is 6.07 Å². The topological polar surface area (TPSA) is 73.1 Å². The fourth-order valence-electron chi connectivity index (χ4n) is 1.44. The summed E-state index contributed by atoms with van der Waals surface area (Å²) in [6.45, 7) is 4.20. The lowest BCUT2D eigenvalue weighted by Gasteiger charge is -2.22. The van der Waals surface area contributed by atoms with E-state index in [4.69, 9.17) is 10.5 Å². The number of nitrogen functional groups attached to an aromatic ring is 1. The van der Waals surface area contributed by atoms with Crippen molar-refractivity contribution >= 4 is 11.6 Å². The minimum atomic E-state index is -4.62. The van der Waals surface area contributed by atoms with E-state index in [1.165, 1.54) is 13.2 Å². The van der Waals surface area contributed by atoms with Crippen LogP contribution in [0.3, 0.4) is 0 Å². The molecule has 1 atom stereocenters. The van der Waals surface area contributed by atoms with Crippen molar-refractivity contribution in [3.05, 3.63) is 11.9 Å². The first-order valence-electron chi connectivity index (χ1n) is 5.71. The van der Waals surface area contributed by atoms with Gasteiger partial charge in [0.2, 0.25) is 5.82 Å². The number of rotatable bonds is 5. The van der Waals surface area contributed by atoms with E-state index in [0.29, 0.717) is 6.61 Å². The van der Waals surface area contributed by atoms with Crippen molar-refractivity contribution in [2.24, 2.45) is 5.92 Å². The molecule has 8 heteroatoms. The molecular formula is C11H17F3N4O. The van der Waals surface area contributed by atoms with E-state index < -0.39 is 12.0 Å². The molecule has 0 aliphatic rings. The first-order valence-corrected chi connectivity index (χ1v) is 5.71. The summed E-state index contributed by atoms with van der Waals surface area (Å²) < 4.78 is 42.7. The van der Waals surface area contributed by atoms with E-state index in [9.17, 15) is 13.2 Å². The number of hydrogen-bond acceptors (Lipinski definition) is 5. The molecule has 0 fully saturated rings. The Morgan fingerprint density at radius 2 is 2.00 bits per heavy atom. The minimum Gasteiger partial charge on any atom is -0.384 e. The fourth-order valence-corrected chi connectivity index (χ4v) is 1.44. The van der Waals surface area contributed by atoms with Crippen LogP contribution in [-0.2, 0) is 10.9 Å². The average Bonchev–Trinajstić information content (AvgIpc) is 2.26. The maximum Gasteiger partial charge on any atom is 0.451 e. The number of aromatic nitrogens is 2. The first-order chi connectivity index (χ1) is 8.74. The molecule has 1 rings (SSSR count). The molecule has 0 saturated carbocycles. The lowest BCUT2D eigenvalue weighted by molar-refractivity contribution is -0.144. The molecule has 0 aliphatic carbocycles. The third-order valence-corrected chi connectivity index (χ3v) is 2.48. The Morgan fingerprint density at radius 1 is 1.37 bits per heavy atom. The predicted molar refractivity (Wildman–Crippen MR) is 65.6 cm³/mol. The van der Waals surface area contributed by atoms with Crippen molar-refractivity contribution in [2.75, 3.05) is 24.8 Å². The SMILES string of the molecule is COCC(Nc1cc(N)nc(C(F)(F)F)n1)C(C)C. The molecule has 0 amide bonds. The number of alkyl halides is 3. The van der Waals surface area contributed by atoms with Gasteiger partial charge in [-0.2, -0.15) is 13.2 Å². The monoisotopic (exact) mass is 278 g/mol. The zero-order chi connectivity index (χ0) is 14.6. The minimum absolute atomic E-state index is 0.0376. The number of nitrogens with zero attached hydrogens (tertiary/aromatic N) is 2. The first kappa shape index (κ1) is 15.5. The number of methoxy groups -OCH3 is 1. The summed E-state index contributed by atoms with van der Waals surface area (Å²) >= 11 is 0. The summed E-state index contributed by atoms with van der Waals surface area (Å²) in [6.07, 6.45) is -4.62. The lowest BCUT2D eigenvalue weighted by atomic mass is 10.1. The maximum absolute atomic E-state index is 12.6. The molecule has 0 bridgehead atoms. The summed E-state index contributed by atoms with van der Waals surface area (Å²) in [5.41, 5.74) is 5.36. The Balaban J connectivity index is 2.97. The molecule has 1 aromatic rings. The number of nitrogens with two attached hydrogens (primary N) is 1. The maximum atomic E-state index is 12.6. The zero-order valence-corrected chi connectivity index (χ0v) is 11.0. The highest BCUT2D eigenvalue weighted by molar-refractivity contribution is 5.45. The van der Waals surface area contributed by atoms with Crippen molar-refractivity contribution in [1.29, 1.82) is 0 Å². The van der Waals surface area contributed by atoms with E-state index in [0.717, 1.165) is 0 Å². The largest absolute Gasteiger partial charge is 0.451 e. The molecule has 1 heterocycles. The molecule has 0 aromatic carbocycles. The van der Waals surface area contributed by atoms with Crippen molar-refractivity contribution in [2.45, 2.75) is 26.1 Å². The van der Waals surface area contributed by atoms with Gasteiger partial charge < -0.3 is 15.8 Å². The molecule has 1 unspecified atom stereocenters. The van der Waals surface area contributed by atoms with Gasteiger partial charge in [0.25, 0.3) is 0 Å². The van der Waals surface area contributed by atoms with Gasteiger partial charge in [0.15, 0.2) is 0 Å². The van der Waals surface area contributed by atoms with Gasteiger partial charge in [0.05, 0.1) is 12.6 Å². The number of ether oxygens (including phenoxy) is 1. The van der Waals surface area contributed by atoms with Crippen LogP contribution in [0.25, 0.3) is 0 Å². The van der Waals surface area contributed by atoms with Crippen LogP contribution in [0.4, 0.5) is 24.8 Å². The summed E-state index contributed by atoms with van der Waals surface area (Å²) in [7, 11) is 1.52. The van der Waals surface area contributed by atoms with Crippen LogP contribution in [0, 0.1) is 5.92 Å². The second-order valence-electron chi connectivity index (χ2n) is 4.45. The van der Waals surface area contributed by atoms with Crippen molar-refractivity contribution < 1.29 is 17.9 Å². The van der Waals surface area contributed by atoms with E-state index in [1.807, 2.05) is 13.8 Å². The highest BCUT2D eigenvalue weighted by atomic mass is 19.4. The van der Waals surface area contributed by atoms with Crippen LogP contribution >= 0.6 is 0 Å². The molecule has 0 saturated heterocycles. The smallest absolute Gasteiger partial charge is 0.384 e. The second kappa shape index (κ2) is 6.05. The van der Waals surface area contributed by atoms with Crippen LogP contribution in [-0.4, -0.2) is 29.7 Å². The van der Waals surface area contributed by atoms with Crippen LogP contribution < -0.4 is 11.1 Å². The Kier molecular flexibility index (Phi) is 4.93. The van der Waals surface area contributed by atoms with Gasteiger partial charge in [-0.3, -0.25) is 0 Å². The van der Waals surface area contributed by atoms with Gasteiger partial charge in [0, 0.05) is 13.2 Å². The number of nitrogens with one attached hydrogen (secondary N) is 1. The van der Waals surface area contributed by atoms with E-state index >= 15 is 0 Å². The van der Waals surface area contributed by atoms with Crippen LogP contribution in [0.5, 0.6) is 0 Å². The third kappa shape index (κ3) is 4.55. The van der Waals surface area contributed by atoms with Gasteiger partial charge in [-0.1, -0.05) is 13.8 Å². The average molecular weight is 278 g/mol. The molecule has 0 radical (unpaired) electrons. The fraction of sp³-hybridized carbons (Fsp3) is 0.636. The Bertz CT molecular complexity index is 423. The Hall–Kier alpha value is -1.57. The number of anilines is 2. The predicted octanol–water partition coefficient (Wildman–Crippen LogP) is 2.16. The standard InChI is InChI=1S/C11H17F3N4O/c1-6(2)7(5-19-3)16-9-4-8(15)17-10(18-9)11(12,13)14/h4,6-7H,5H2,1-3H3,(H3,15,16,17,18). The molecule has 108 valence electrons. The Morgan fingerprint density at radius 3 is 2.47 bits per heavy atom. The van der Waals surface area contributed by atoms with Gasteiger partial charge in [-0.15, -0.1) is 0 Å². The van der Waals surface area contributed by atoms with Gasteiger partial charge in [-0.05, 0) is 5.92 Å². The van der Waals surface area contributed by atoms with Crippen LogP contribution in [0.2, 0.25) is 0 Å². The summed E-state index contributed by atoms with van der Waals surface area (Å²) in [4.78, 5) is 6.60. The highest BCUT2D eigenvalue weighted by Crippen LogP contribution is 2.28. The van der Waals surface area contributed by atoms with E-state index in [-0.39, 0.29) is 23.6 Å². The number of halogens is 3. The molecule has 1 aromatic heterocycles. The van der Waals surface area contributed by atoms with Crippen molar-refractivity contribution in [3.8, 4) is 0 Å². The molecular weight excluding hydrogens is 261 g/mol. The van der Waals surface area contributed by atoms with Gasteiger partial charge in [0.1, 0.15) is 11.6 Å². The van der Waals surface area contributed by atoms with Gasteiger partial charge in [-0.25, -0.2) is 9.97 Å². The van der Waals surface area contributed by atoms with E-state index in [2.05, 4.69) is 15.3 Å². The molecule has 3 N–H and O–H groups in total. The second-order valence-corrected chi connectivity index (χ2v) is 4.45. The quantitative estimate of drug-likeness (QED) is 0.863. The van der Waals surface area contributed by atoms with Crippen LogP contribution in [0.1, 0.15) is 19.7 Å². The Labute approximate surface area is 109 Å². The highest BCUT2D eigenvalue weighted by Gasteiger charge is 2.35. The summed E-state index contributed by atoms with van der Waals surface area (Å²) in [6, 6.07) is 1.10. The summed E-state index contributed by atoms with van der Waals surface area (Å²) in [5.74, 6) is -1.29. The van der Waals surface area contributed by atoms with E-state index in [1.54, 1.807) is 0 Å². The van der Waals surface area contributed by atoms with Crippen molar-refractivity contribution in [1.82, 2.24) is 9.97 Å². The lowest BCUT2D eigenvalue weighted by Crippen LogP contribution is -2.31. The molecule has 19 heavy (non-hydrogen) atoms. The third-order valence-electron chi connectivity index (χ3n) is 2.48. The molecule has 0 spiro atoms. The zero-order valence-electron chi connectivity index (χ0n) is 11.0. The van der Waals surface area contributed by atoms with Gasteiger partial charge >= 0.3 is 6.18 Å². The summed E-state index contributed by atoms with van der Waals surface area (Å²) in [5, 5.41) is 2.88.